The molecule has 0 bridgehead atoms. The predicted molar refractivity (Wildman–Crippen MR) is 112 cm³/mol. The summed E-state index contributed by atoms with van der Waals surface area (Å²) in [5.74, 6) is -0.182. The molecular formula is C21H21N3O4S. The number of carbonyl (C=O) groups is 1. The fourth-order valence-corrected chi connectivity index (χ4v) is 4.57. The van der Waals surface area contributed by atoms with Crippen molar-refractivity contribution in [1.82, 2.24) is 9.88 Å². The first-order valence-electron chi connectivity index (χ1n) is 9.49. The zero-order valence-electron chi connectivity index (χ0n) is 16.3. The Morgan fingerprint density at radius 3 is 2.62 bits per heavy atom. The van der Waals surface area contributed by atoms with Crippen LogP contribution in [0.1, 0.15) is 34.3 Å². The van der Waals surface area contributed by atoms with Crippen LogP contribution in [-0.2, 0) is 0 Å². The van der Waals surface area contributed by atoms with Crippen molar-refractivity contribution in [2.75, 3.05) is 13.1 Å². The maximum Gasteiger partial charge on any atom is 0.274 e. The molecule has 8 heteroatoms. The molecule has 1 aliphatic rings. The maximum atomic E-state index is 12.7. The lowest BCUT2D eigenvalue weighted by Gasteiger charge is -2.31. The van der Waals surface area contributed by atoms with Gasteiger partial charge in [-0.1, -0.05) is 29.5 Å². The third-order valence-electron chi connectivity index (χ3n) is 5.22. The van der Waals surface area contributed by atoms with Crippen LogP contribution in [0.2, 0.25) is 0 Å². The largest absolute Gasteiger partial charge is 0.467 e. The monoisotopic (exact) mass is 411 g/mol. The number of nitrogens with zero attached hydrogens (tertiary/aromatic N) is 3. The third kappa shape index (κ3) is 3.93. The van der Waals surface area contributed by atoms with E-state index in [1.807, 2.05) is 6.92 Å². The van der Waals surface area contributed by atoms with Gasteiger partial charge in [-0.15, -0.1) is 0 Å². The molecule has 0 saturated carbocycles. The van der Waals surface area contributed by atoms with Gasteiger partial charge in [-0.25, -0.2) is 4.98 Å². The number of piperidine rings is 1. The second-order valence-electron chi connectivity index (χ2n) is 7.27. The number of fused-ring (bicyclic) bond motifs is 1. The van der Waals surface area contributed by atoms with Gasteiger partial charge in [-0.2, -0.15) is 0 Å². The van der Waals surface area contributed by atoms with E-state index in [2.05, 4.69) is 24.0 Å². The molecule has 29 heavy (non-hydrogen) atoms. The molecule has 1 fully saturated rings. The molecular weight excluding hydrogens is 390 g/mol. The van der Waals surface area contributed by atoms with Crippen molar-refractivity contribution in [3.8, 4) is 5.19 Å². The minimum absolute atomic E-state index is 0.00494. The van der Waals surface area contributed by atoms with Crippen LogP contribution in [0.5, 0.6) is 5.19 Å². The van der Waals surface area contributed by atoms with Crippen LogP contribution in [0.4, 0.5) is 5.69 Å². The van der Waals surface area contributed by atoms with Crippen LogP contribution in [0.3, 0.4) is 0 Å². The molecule has 150 valence electrons. The topological polar surface area (TPSA) is 85.6 Å². The van der Waals surface area contributed by atoms with Gasteiger partial charge in [0, 0.05) is 43.6 Å². The number of hydrogen-bond acceptors (Lipinski definition) is 6. The number of rotatable bonds is 4. The fraction of sp³-hybridized carbons (Fsp3) is 0.333. The van der Waals surface area contributed by atoms with Gasteiger partial charge in [-0.05, 0) is 31.0 Å². The lowest BCUT2D eigenvalue weighted by molar-refractivity contribution is -0.384. The van der Waals surface area contributed by atoms with Crippen LogP contribution in [0, 0.1) is 24.0 Å². The molecule has 0 N–H and O–H groups in total. The molecule has 3 aromatic rings. The number of benzene rings is 2. The number of non-ortho nitro benzene ring substituents is 1. The highest BCUT2D eigenvalue weighted by atomic mass is 32.1. The van der Waals surface area contributed by atoms with E-state index in [0.717, 1.165) is 15.8 Å². The Hall–Kier alpha value is -3.00. The van der Waals surface area contributed by atoms with Crippen LogP contribution < -0.4 is 4.74 Å². The Morgan fingerprint density at radius 2 is 1.93 bits per heavy atom. The first-order valence-corrected chi connectivity index (χ1v) is 10.3. The van der Waals surface area contributed by atoms with E-state index in [1.165, 1.54) is 17.7 Å². The van der Waals surface area contributed by atoms with Gasteiger partial charge >= 0.3 is 0 Å². The highest BCUT2D eigenvalue weighted by Crippen LogP contribution is 2.33. The van der Waals surface area contributed by atoms with Crippen molar-refractivity contribution in [3.63, 3.8) is 0 Å². The fourth-order valence-electron chi connectivity index (χ4n) is 3.54. The molecule has 1 aliphatic heterocycles. The predicted octanol–water partition coefficient (Wildman–Crippen LogP) is 4.50. The number of aromatic nitrogens is 1. The van der Waals surface area contributed by atoms with Gasteiger partial charge in [-0.3, -0.25) is 14.9 Å². The van der Waals surface area contributed by atoms with Gasteiger partial charge in [0.15, 0.2) is 0 Å². The lowest BCUT2D eigenvalue weighted by Crippen LogP contribution is -2.41. The molecule has 7 nitrogen and oxygen atoms in total. The first kappa shape index (κ1) is 19.3. The second-order valence-corrected chi connectivity index (χ2v) is 8.24. The molecule has 4 rings (SSSR count). The number of hydrogen-bond donors (Lipinski definition) is 0. The third-order valence-corrected chi connectivity index (χ3v) is 6.30. The molecule has 0 radical (unpaired) electrons. The van der Waals surface area contributed by atoms with E-state index in [-0.39, 0.29) is 17.7 Å². The molecule has 1 aromatic heterocycles. The summed E-state index contributed by atoms with van der Waals surface area (Å²) in [6.45, 7) is 5.22. The first-order chi connectivity index (χ1) is 13.9. The summed E-state index contributed by atoms with van der Waals surface area (Å²) < 4.78 is 7.27. The molecule has 1 saturated heterocycles. The summed E-state index contributed by atoms with van der Waals surface area (Å²) in [6.07, 6.45) is 1.41. The van der Waals surface area contributed by atoms with Gasteiger partial charge in [0.25, 0.3) is 16.8 Å². The summed E-state index contributed by atoms with van der Waals surface area (Å²) in [4.78, 5) is 29.5. The Morgan fingerprint density at radius 1 is 1.21 bits per heavy atom. The quantitative estimate of drug-likeness (QED) is 0.466. The van der Waals surface area contributed by atoms with Crippen molar-refractivity contribution >= 4 is 33.1 Å². The number of nitro groups is 1. The molecule has 0 spiro atoms. The van der Waals surface area contributed by atoms with Crippen LogP contribution in [-0.4, -0.2) is 39.9 Å². The summed E-state index contributed by atoms with van der Waals surface area (Å²) in [5, 5.41) is 11.6. The van der Waals surface area contributed by atoms with Gasteiger partial charge < -0.3 is 9.64 Å². The van der Waals surface area contributed by atoms with Crippen molar-refractivity contribution in [1.29, 1.82) is 0 Å². The minimum Gasteiger partial charge on any atom is -0.467 e. The molecule has 0 atom stereocenters. The Bertz CT molecular complexity index is 1050. The molecule has 0 unspecified atom stereocenters. The number of aryl methyl sites for hydroxylation is 2. The van der Waals surface area contributed by atoms with E-state index in [9.17, 15) is 14.9 Å². The zero-order chi connectivity index (χ0) is 20.5. The van der Waals surface area contributed by atoms with Crippen molar-refractivity contribution in [2.45, 2.75) is 32.8 Å². The number of ether oxygens (including phenoxy) is 1. The van der Waals surface area contributed by atoms with Crippen LogP contribution in [0.15, 0.2) is 36.4 Å². The number of likely N-dealkylation sites (tertiary alicyclic amines) is 1. The number of thiazole rings is 1. The smallest absolute Gasteiger partial charge is 0.274 e. The van der Waals surface area contributed by atoms with Gasteiger partial charge in [0.2, 0.25) is 0 Å². The van der Waals surface area contributed by atoms with Gasteiger partial charge in [0.05, 0.1) is 15.1 Å². The maximum absolute atomic E-state index is 12.7. The molecule has 1 amide bonds. The van der Waals surface area contributed by atoms with Crippen LogP contribution >= 0.6 is 11.3 Å². The van der Waals surface area contributed by atoms with Crippen molar-refractivity contribution in [3.05, 3.63) is 63.2 Å². The highest BCUT2D eigenvalue weighted by Gasteiger charge is 2.26. The molecule has 0 aliphatic carbocycles. The van der Waals surface area contributed by atoms with Crippen LogP contribution in [0.25, 0.3) is 10.2 Å². The number of amides is 1. The summed E-state index contributed by atoms with van der Waals surface area (Å²) >= 11 is 1.56. The number of carbonyl (C=O) groups excluding carboxylic acids is 1. The molecule has 2 aromatic carbocycles. The van der Waals surface area contributed by atoms with E-state index in [4.69, 9.17) is 4.74 Å². The SMILES string of the molecule is Cc1ccc(C)c2sc(OC3CCN(C(=O)c4cccc([N+](=O)[O-])c4)CC3)nc12. The standard InChI is InChI=1S/C21H21N3O4S/c1-13-6-7-14(2)19-18(13)22-21(29-19)28-17-8-10-23(11-9-17)20(25)15-4-3-5-16(12-15)24(26)27/h3-7,12,17H,8-11H2,1-2H3. The molecule has 2 heterocycles. The second kappa shape index (κ2) is 7.79. The van der Waals surface area contributed by atoms with E-state index in [1.54, 1.807) is 28.4 Å². The summed E-state index contributed by atoms with van der Waals surface area (Å²) in [7, 11) is 0. The van der Waals surface area contributed by atoms with Crippen molar-refractivity contribution in [2.24, 2.45) is 0 Å². The number of nitro benzene ring substituents is 1. The summed E-state index contributed by atoms with van der Waals surface area (Å²) in [5.41, 5.74) is 3.58. The van der Waals surface area contributed by atoms with E-state index in [0.29, 0.717) is 36.7 Å². The Labute approximate surface area is 172 Å². The van der Waals surface area contributed by atoms with Crippen molar-refractivity contribution < 1.29 is 14.5 Å². The van der Waals surface area contributed by atoms with E-state index >= 15 is 0 Å². The lowest BCUT2D eigenvalue weighted by atomic mass is 10.1. The van der Waals surface area contributed by atoms with Gasteiger partial charge in [0.1, 0.15) is 6.10 Å². The average molecular weight is 411 g/mol. The normalized spacial score (nSPS) is 14.9. The Kier molecular flexibility index (Phi) is 5.19. The minimum atomic E-state index is -0.488. The summed E-state index contributed by atoms with van der Waals surface area (Å²) in [6, 6.07) is 10.0. The highest BCUT2D eigenvalue weighted by molar-refractivity contribution is 7.20. The average Bonchev–Trinajstić information content (AvgIpc) is 3.16. The zero-order valence-corrected chi connectivity index (χ0v) is 17.1. The Balaban J connectivity index is 1.40. The van der Waals surface area contributed by atoms with E-state index < -0.39 is 4.92 Å².